The van der Waals surface area contributed by atoms with Gasteiger partial charge in [-0.25, -0.2) is 9.59 Å². The molecule has 1 atom stereocenters. The van der Waals surface area contributed by atoms with Gasteiger partial charge in [-0.15, -0.1) is 0 Å². The lowest BCUT2D eigenvalue weighted by molar-refractivity contribution is -0.193. The molecule has 42 heavy (non-hydrogen) atoms. The fourth-order valence-corrected chi connectivity index (χ4v) is 4.53. The summed E-state index contributed by atoms with van der Waals surface area (Å²) in [5.41, 5.74) is 9.00. The van der Waals surface area contributed by atoms with Crippen molar-refractivity contribution in [2.24, 2.45) is 0 Å². The minimum absolute atomic E-state index is 0.0702. The number of alkyl halides is 6. The average molecular weight is 627 g/mol. The smallest absolute Gasteiger partial charge is 0.475 e. The van der Waals surface area contributed by atoms with Crippen LogP contribution in [0.25, 0.3) is 0 Å². The summed E-state index contributed by atoms with van der Waals surface area (Å²) in [6.07, 6.45) is -7.64. The maximum absolute atomic E-state index is 13.5. The second-order valence-electron chi connectivity index (χ2n) is 9.47. The van der Waals surface area contributed by atoms with E-state index in [0.29, 0.717) is 22.8 Å². The predicted molar refractivity (Wildman–Crippen MR) is 142 cm³/mol. The van der Waals surface area contributed by atoms with Gasteiger partial charge in [0.25, 0.3) is 5.91 Å². The topological polar surface area (TPSA) is 127 Å². The normalized spacial score (nSPS) is 17.6. The van der Waals surface area contributed by atoms with E-state index in [9.17, 15) is 31.1 Å². The fraction of sp³-hybridized carbons (Fsp3) is 0.423. The highest BCUT2D eigenvalue weighted by molar-refractivity contribution is 6.34. The minimum atomic E-state index is -5.08. The van der Waals surface area contributed by atoms with Crippen LogP contribution in [0.15, 0.2) is 42.5 Å². The second kappa shape index (κ2) is 14.6. The lowest BCUT2D eigenvalue weighted by atomic mass is 10.1. The molecule has 232 valence electrons. The van der Waals surface area contributed by atoms with E-state index >= 15 is 0 Å². The lowest BCUT2D eigenvalue weighted by Crippen LogP contribution is -2.48. The number of rotatable bonds is 3. The third-order valence-electron chi connectivity index (χ3n) is 6.34. The molecule has 1 fully saturated rings. The first-order valence-corrected chi connectivity index (χ1v) is 12.8. The van der Waals surface area contributed by atoms with Crippen LogP contribution in [0.2, 0.25) is 5.02 Å². The summed E-state index contributed by atoms with van der Waals surface area (Å²) < 4.78 is 63.5. The number of halogens is 7. The van der Waals surface area contributed by atoms with Gasteiger partial charge in [-0.3, -0.25) is 9.69 Å². The Balaban J connectivity index is 0.000000367. The molecule has 1 unspecified atom stereocenters. The van der Waals surface area contributed by atoms with E-state index in [-0.39, 0.29) is 11.9 Å². The van der Waals surface area contributed by atoms with E-state index < -0.39 is 24.3 Å². The number of nitrogen functional groups attached to an aromatic ring is 1. The summed E-state index contributed by atoms with van der Waals surface area (Å²) in [6, 6.07) is 13.5. The molecule has 2 heterocycles. The Morgan fingerprint density at radius 1 is 0.952 bits per heavy atom. The number of benzene rings is 2. The molecule has 2 aliphatic heterocycles. The van der Waals surface area contributed by atoms with Crippen molar-refractivity contribution in [3.63, 3.8) is 0 Å². The number of carboxylic acids is 2. The minimum Gasteiger partial charge on any atom is -0.475 e. The largest absolute Gasteiger partial charge is 0.490 e. The monoisotopic (exact) mass is 626 g/mol. The number of amides is 1. The summed E-state index contributed by atoms with van der Waals surface area (Å²) in [5, 5.41) is 14.6. The standard InChI is InChI=1S/C22H27ClN4O.2C2HF3O2/c1-25-13-16-6-2-3-7-21(16)27(15-18(25)14-26-10-4-5-11-26)22(28)19-9-8-17(24)12-20(19)23;2*3-2(4,5)1(6)7/h2-3,6-9,12,18H,4-5,10-11,13-15,24H2,1H3;2*(H,6,7). The number of likely N-dealkylation sites (N-methyl/N-ethyl adjacent to an activating group) is 1. The van der Waals surface area contributed by atoms with Crippen LogP contribution in [0.5, 0.6) is 0 Å². The summed E-state index contributed by atoms with van der Waals surface area (Å²) in [4.78, 5) is 38.1. The molecular weight excluding hydrogens is 598 g/mol. The van der Waals surface area contributed by atoms with E-state index in [0.717, 1.165) is 37.4 Å². The zero-order valence-electron chi connectivity index (χ0n) is 22.3. The first-order chi connectivity index (χ1) is 19.4. The number of carbonyl (C=O) groups excluding carboxylic acids is 1. The molecule has 0 spiro atoms. The molecule has 2 aromatic carbocycles. The van der Waals surface area contributed by atoms with E-state index in [1.807, 2.05) is 23.1 Å². The van der Waals surface area contributed by atoms with Crippen LogP contribution in [0.4, 0.5) is 37.7 Å². The molecule has 1 saturated heterocycles. The SMILES string of the molecule is CN1Cc2ccccc2N(C(=O)c2ccc(N)cc2Cl)CC1CN1CCCC1.O=C(O)C(F)(F)F.O=C(O)C(F)(F)F. The molecule has 0 saturated carbocycles. The van der Waals surface area contributed by atoms with Gasteiger partial charge in [-0.05, 0) is 62.8 Å². The van der Waals surface area contributed by atoms with Gasteiger partial charge in [-0.2, -0.15) is 26.3 Å². The first-order valence-electron chi connectivity index (χ1n) is 12.4. The third-order valence-corrected chi connectivity index (χ3v) is 6.65. The van der Waals surface area contributed by atoms with Crippen LogP contribution in [0.1, 0.15) is 28.8 Å². The van der Waals surface area contributed by atoms with E-state index in [2.05, 4.69) is 22.9 Å². The molecule has 2 aliphatic rings. The molecule has 0 radical (unpaired) electrons. The van der Waals surface area contributed by atoms with E-state index in [1.165, 1.54) is 12.8 Å². The predicted octanol–water partition coefficient (Wildman–Crippen LogP) is 4.75. The maximum atomic E-state index is 13.5. The van der Waals surface area contributed by atoms with Crippen molar-refractivity contribution in [1.29, 1.82) is 0 Å². The van der Waals surface area contributed by atoms with Gasteiger partial charge in [-0.1, -0.05) is 29.8 Å². The highest BCUT2D eigenvalue weighted by atomic mass is 35.5. The number of fused-ring (bicyclic) bond motifs is 1. The van der Waals surface area contributed by atoms with Crippen molar-refractivity contribution in [3.05, 3.63) is 58.6 Å². The quantitative estimate of drug-likeness (QED) is 0.329. The van der Waals surface area contributed by atoms with Crippen molar-refractivity contribution in [2.75, 3.05) is 43.9 Å². The second-order valence-corrected chi connectivity index (χ2v) is 9.87. The number of carboxylic acid groups (broad SMARTS) is 2. The number of carbonyl (C=O) groups is 3. The molecule has 4 N–H and O–H groups in total. The Kier molecular flexibility index (Phi) is 12.0. The maximum Gasteiger partial charge on any atom is 0.490 e. The zero-order valence-corrected chi connectivity index (χ0v) is 23.0. The number of likely N-dealkylation sites (tertiary alicyclic amines) is 1. The summed E-state index contributed by atoms with van der Waals surface area (Å²) in [5.74, 6) is -5.58. The number of hydrogen-bond donors (Lipinski definition) is 3. The van der Waals surface area contributed by atoms with Crippen LogP contribution in [0, 0.1) is 0 Å². The Morgan fingerprint density at radius 3 is 1.98 bits per heavy atom. The van der Waals surface area contributed by atoms with Crippen LogP contribution in [0.3, 0.4) is 0 Å². The fourth-order valence-electron chi connectivity index (χ4n) is 4.26. The summed E-state index contributed by atoms with van der Waals surface area (Å²) in [7, 11) is 2.15. The Hall–Kier alpha value is -3.56. The molecule has 9 nitrogen and oxygen atoms in total. The number of para-hydroxylation sites is 1. The van der Waals surface area contributed by atoms with Crippen LogP contribution in [-0.4, -0.2) is 89.5 Å². The zero-order chi connectivity index (χ0) is 31.8. The van der Waals surface area contributed by atoms with Gasteiger partial charge >= 0.3 is 24.3 Å². The Bertz CT molecular complexity index is 1230. The van der Waals surface area contributed by atoms with Crippen LogP contribution < -0.4 is 10.6 Å². The molecule has 2 aromatic rings. The van der Waals surface area contributed by atoms with Crippen molar-refractivity contribution in [2.45, 2.75) is 37.8 Å². The van der Waals surface area contributed by atoms with Gasteiger partial charge in [0.1, 0.15) is 0 Å². The number of nitrogens with zero attached hydrogens (tertiary/aromatic N) is 3. The molecule has 16 heteroatoms. The van der Waals surface area contributed by atoms with E-state index in [1.54, 1.807) is 18.2 Å². The summed E-state index contributed by atoms with van der Waals surface area (Å²) >= 11 is 6.37. The van der Waals surface area contributed by atoms with Crippen LogP contribution in [-0.2, 0) is 16.1 Å². The number of anilines is 2. The molecule has 1 amide bonds. The highest BCUT2D eigenvalue weighted by Gasteiger charge is 2.39. The Labute approximate surface area is 242 Å². The van der Waals surface area contributed by atoms with Gasteiger partial charge < -0.3 is 25.7 Å². The summed E-state index contributed by atoms with van der Waals surface area (Å²) in [6.45, 7) is 4.74. The number of nitrogens with two attached hydrogens (primary N) is 1. The van der Waals surface area contributed by atoms with E-state index in [4.69, 9.17) is 37.1 Å². The first kappa shape index (κ1) is 34.6. The lowest BCUT2D eigenvalue weighted by Gasteiger charge is -2.32. The van der Waals surface area contributed by atoms with Gasteiger partial charge in [0, 0.05) is 37.1 Å². The van der Waals surface area contributed by atoms with Gasteiger partial charge in [0.15, 0.2) is 0 Å². The molecule has 4 rings (SSSR count). The third kappa shape index (κ3) is 10.1. The van der Waals surface area contributed by atoms with Crippen molar-refractivity contribution in [1.82, 2.24) is 9.80 Å². The van der Waals surface area contributed by atoms with Crippen molar-refractivity contribution < 1.29 is 50.9 Å². The van der Waals surface area contributed by atoms with Gasteiger partial charge in [0.05, 0.1) is 10.6 Å². The van der Waals surface area contributed by atoms with Crippen LogP contribution >= 0.6 is 11.6 Å². The average Bonchev–Trinajstić information content (AvgIpc) is 3.34. The van der Waals surface area contributed by atoms with Crippen molar-refractivity contribution >= 4 is 40.8 Å². The van der Waals surface area contributed by atoms with Gasteiger partial charge in [0.2, 0.25) is 0 Å². The molecular formula is C26H29ClF6N4O5. The Morgan fingerprint density at radius 2 is 1.48 bits per heavy atom. The highest BCUT2D eigenvalue weighted by Crippen LogP contribution is 2.30. The van der Waals surface area contributed by atoms with Crippen molar-refractivity contribution in [3.8, 4) is 0 Å². The molecule has 0 bridgehead atoms. The molecule has 0 aromatic heterocycles. The number of aliphatic carboxylic acids is 2. The molecule has 0 aliphatic carbocycles. The number of hydrogen-bond acceptors (Lipinski definition) is 6.